The Labute approximate surface area is 115 Å². The molecule has 2 bridgehead atoms. The average Bonchev–Trinajstić information content (AvgIpc) is 3.08. The maximum absolute atomic E-state index is 12.3. The van der Waals surface area contributed by atoms with Gasteiger partial charge in [-0.1, -0.05) is 38.8 Å². The molecule has 0 N–H and O–H groups in total. The Morgan fingerprint density at radius 2 is 1.74 bits per heavy atom. The van der Waals surface area contributed by atoms with Crippen LogP contribution >= 0.6 is 0 Å². The number of cyclic esters (lactones) is 1. The minimum Gasteiger partial charge on any atom is -0.458 e. The number of ether oxygens (including phenoxy) is 2. The summed E-state index contributed by atoms with van der Waals surface area (Å²) >= 11 is 0. The molecule has 4 atom stereocenters. The molecule has 3 heterocycles. The van der Waals surface area contributed by atoms with Crippen molar-refractivity contribution in [1.29, 1.82) is 0 Å². The SMILES string of the molecule is CCCCC1(CCCC)OC(=O)[C@H]2[C@@H]1[C@@H]1C=C[C@H]2O1. The first-order valence-corrected chi connectivity index (χ1v) is 7.78. The Hall–Kier alpha value is -0.830. The Morgan fingerprint density at radius 3 is 2.37 bits per heavy atom. The zero-order valence-electron chi connectivity index (χ0n) is 11.9. The lowest BCUT2D eigenvalue weighted by molar-refractivity contribution is -0.157. The summed E-state index contributed by atoms with van der Waals surface area (Å²) in [5, 5.41) is 0. The molecule has 0 radical (unpaired) electrons. The molecule has 3 heteroatoms. The molecule has 19 heavy (non-hydrogen) atoms. The fourth-order valence-corrected chi connectivity index (χ4v) is 4.06. The zero-order chi connectivity index (χ0) is 13.5. The van der Waals surface area contributed by atoms with E-state index < -0.39 is 0 Å². The molecule has 0 aromatic heterocycles. The normalized spacial score (nSPS) is 37.7. The molecule has 2 fully saturated rings. The molecule has 0 amide bonds. The van der Waals surface area contributed by atoms with Gasteiger partial charge in [0.2, 0.25) is 0 Å². The number of hydrogen-bond acceptors (Lipinski definition) is 3. The predicted octanol–water partition coefficient (Wildman–Crippen LogP) is 3.23. The van der Waals surface area contributed by atoms with Crippen molar-refractivity contribution in [1.82, 2.24) is 0 Å². The van der Waals surface area contributed by atoms with Crippen LogP contribution in [-0.4, -0.2) is 23.8 Å². The minimum absolute atomic E-state index is 0.0194. The molecule has 3 nitrogen and oxygen atoms in total. The monoisotopic (exact) mass is 264 g/mol. The van der Waals surface area contributed by atoms with E-state index in [0.717, 1.165) is 38.5 Å². The second kappa shape index (κ2) is 4.93. The first-order valence-electron chi connectivity index (χ1n) is 7.78. The lowest BCUT2D eigenvalue weighted by atomic mass is 9.71. The first kappa shape index (κ1) is 13.2. The van der Waals surface area contributed by atoms with Crippen molar-refractivity contribution in [3.8, 4) is 0 Å². The molecule has 3 aliphatic heterocycles. The van der Waals surface area contributed by atoms with Gasteiger partial charge in [0.05, 0.1) is 18.1 Å². The number of carbonyl (C=O) groups excluding carboxylic acids is 1. The van der Waals surface area contributed by atoms with E-state index in [1.165, 1.54) is 0 Å². The number of carbonyl (C=O) groups is 1. The van der Waals surface area contributed by atoms with E-state index in [1.54, 1.807) is 0 Å². The second-order valence-electron chi connectivity index (χ2n) is 6.19. The molecule has 0 aromatic rings. The zero-order valence-corrected chi connectivity index (χ0v) is 11.9. The first-order chi connectivity index (χ1) is 9.22. The van der Waals surface area contributed by atoms with Gasteiger partial charge in [0, 0.05) is 5.92 Å². The minimum atomic E-state index is -0.252. The number of esters is 1. The van der Waals surface area contributed by atoms with Crippen molar-refractivity contribution in [2.45, 2.75) is 70.2 Å². The summed E-state index contributed by atoms with van der Waals surface area (Å²) in [6.07, 6.45) is 10.8. The van der Waals surface area contributed by atoms with E-state index in [9.17, 15) is 4.79 Å². The van der Waals surface area contributed by atoms with E-state index in [4.69, 9.17) is 9.47 Å². The maximum Gasteiger partial charge on any atom is 0.313 e. The molecule has 0 unspecified atom stereocenters. The van der Waals surface area contributed by atoms with Gasteiger partial charge in [-0.15, -0.1) is 0 Å². The third-order valence-corrected chi connectivity index (χ3v) is 4.99. The summed E-state index contributed by atoms with van der Waals surface area (Å²) in [5.41, 5.74) is -0.252. The Morgan fingerprint density at radius 1 is 1.11 bits per heavy atom. The van der Waals surface area contributed by atoms with Crippen LogP contribution in [0.4, 0.5) is 0 Å². The quantitative estimate of drug-likeness (QED) is 0.546. The largest absolute Gasteiger partial charge is 0.458 e. The highest BCUT2D eigenvalue weighted by molar-refractivity contribution is 5.78. The molecular weight excluding hydrogens is 240 g/mol. The van der Waals surface area contributed by atoms with Crippen LogP contribution < -0.4 is 0 Å². The molecule has 0 spiro atoms. The van der Waals surface area contributed by atoms with Crippen molar-refractivity contribution >= 4 is 5.97 Å². The fraction of sp³-hybridized carbons (Fsp3) is 0.812. The summed E-state index contributed by atoms with van der Waals surface area (Å²) in [7, 11) is 0. The van der Waals surface area contributed by atoms with Gasteiger partial charge in [-0.3, -0.25) is 4.79 Å². The van der Waals surface area contributed by atoms with Crippen LogP contribution in [0.25, 0.3) is 0 Å². The average molecular weight is 264 g/mol. The van der Waals surface area contributed by atoms with Crippen LogP contribution in [0.2, 0.25) is 0 Å². The number of rotatable bonds is 6. The van der Waals surface area contributed by atoms with E-state index in [2.05, 4.69) is 19.9 Å². The molecule has 2 saturated heterocycles. The fourth-order valence-electron chi connectivity index (χ4n) is 4.06. The van der Waals surface area contributed by atoms with Crippen LogP contribution in [0, 0.1) is 11.8 Å². The van der Waals surface area contributed by atoms with Crippen LogP contribution in [0.15, 0.2) is 12.2 Å². The topological polar surface area (TPSA) is 35.5 Å². The summed E-state index contributed by atoms with van der Waals surface area (Å²) in [6.45, 7) is 4.39. The summed E-state index contributed by atoms with van der Waals surface area (Å²) < 4.78 is 11.9. The van der Waals surface area contributed by atoms with Crippen LogP contribution in [-0.2, 0) is 14.3 Å². The number of fused-ring (bicyclic) bond motifs is 5. The van der Waals surface area contributed by atoms with Gasteiger partial charge in [0.1, 0.15) is 5.60 Å². The molecule has 106 valence electrons. The van der Waals surface area contributed by atoms with Gasteiger partial charge < -0.3 is 9.47 Å². The highest BCUT2D eigenvalue weighted by atomic mass is 16.6. The smallest absolute Gasteiger partial charge is 0.313 e. The molecular formula is C16H24O3. The summed E-state index contributed by atoms with van der Waals surface area (Å²) in [6, 6.07) is 0. The standard InChI is InChI=1S/C16H24O3/c1-3-5-9-16(10-6-4-2)14-12-8-7-11(18-12)13(14)15(17)19-16/h7-8,11-14H,3-6,9-10H2,1-2H3/t11-,12+,13-,14+/m1/s1. The van der Waals surface area contributed by atoms with Gasteiger partial charge in [-0.25, -0.2) is 0 Å². The highest BCUT2D eigenvalue weighted by Gasteiger charge is 2.65. The van der Waals surface area contributed by atoms with E-state index >= 15 is 0 Å². The second-order valence-corrected chi connectivity index (χ2v) is 6.19. The maximum atomic E-state index is 12.3. The Bertz CT molecular complexity index is 379. The van der Waals surface area contributed by atoms with E-state index in [0.29, 0.717) is 0 Å². The van der Waals surface area contributed by atoms with Gasteiger partial charge in [-0.2, -0.15) is 0 Å². The molecule has 3 rings (SSSR count). The van der Waals surface area contributed by atoms with E-state index in [-0.39, 0.29) is 35.6 Å². The third kappa shape index (κ3) is 1.94. The van der Waals surface area contributed by atoms with Gasteiger partial charge in [0.15, 0.2) is 0 Å². The number of unbranched alkanes of at least 4 members (excludes halogenated alkanes) is 2. The van der Waals surface area contributed by atoms with Gasteiger partial charge in [-0.05, 0) is 25.7 Å². The summed E-state index contributed by atoms with van der Waals surface area (Å²) in [5.74, 6) is 0.200. The van der Waals surface area contributed by atoms with Gasteiger partial charge in [0.25, 0.3) is 0 Å². The molecule has 3 aliphatic rings. The van der Waals surface area contributed by atoms with Crippen molar-refractivity contribution in [2.75, 3.05) is 0 Å². The Balaban J connectivity index is 1.86. The molecule has 0 aromatic carbocycles. The van der Waals surface area contributed by atoms with Crippen molar-refractivity contribution in [2.24, 2.45) is 11.8 Å². The molecule has 0 saturated carbocycles. The summed E-state index contributed by atoms with van der Waals surface area (Å²) in [4.78, 5) is 12.3. The van der Waals surface area contributed by atoms with Crippen molar-refractivity contribution < 1.29 is 14.3 Å². The van der Waals surface area contributed by atoms with Crippen molar-refractivity contribution in [3.05, 3.63) is 12.2 Å². The van der Waals surface area contributed by atoms with Gasteiger partial charge >= 0.3 is 5.97 Å². The third-order valence-electron chi connectivity index (χ3n) is 4.99. The predicted molar refractivity (Wildman–Crippen MR) is 72.7 cm³/mol. The molecule has 0 aliphatic carbocycles. The Kier molecular flexibility index (Phi) is 3.42. The lowest BCUT2D eigenvalue weighted by Crippen LogP contribution is -2.41. The lowest BCUT2D eigenvalue weighted by Gasteiger charge is -2.35. The van der Waals surface area contributed by atoms with Crippen LogP contribution in [0.1, 0.15) is 52.4 Å². The number of hydrogen-bond donors (Lipinski definition) is 0. The van der Waals surface area contributed by atoms with E-state index in [1.807, 2.05) is 6.08 Å². The van der Waals surface area contributed by atoms with Crippen LogP contribution in [0.3, 0.4) is 0 Å². The van der Waals surface area contributed by atoms with Crippen molar-refractivity contribution in [3.63, 3.8) is 0 Å². The van der Waals surface area contributed by atoms with Crippen LogP contribution in [0.5, 0.6) is 0 Å². The highest BCUT2D eigenvalue weighted by Crippen LogP contribution is 2.54.